The molecule has 0 spiro atoms. The minimum Gasteiger partial charge on any atom is -0.298 e. The molecule has 1 saturated carbocycles. The van der Waals surface area contributed by atoms with Crippen molar-refractivity contribution in [3.63, 3.8) is 0 Å². The predicted molar refractivity (Wildman–Crippen MR) is 75.4 cm³/mol. The lowest BCUT2D eigenvalue weighted by Crippen LogP contribution is -2.19. The summed E-state index contributed by atoms with van der Waals surface area (Å²) in [5.74, 6) is 0.752. The molecule has 0 radical (unpaired) electrons. The number of nitrogens with zero attached hydrogens (tertiary/aromatic N) is 1. The summed E-state index contributed by atoms with van der Waals surface area (Å²) in [7, 11) is 0. The van der Waals surface area contributed by atoms with Gasteiger partial charge in [0.2, 0.25) is 0 Å². The maximum Gasteiger partial charge on any atom is 0.282 e. The number of nitro benzene ring substituents is 1. The Morgan fingerprint density at radius 2 is 1.95 bits per heavy atom. The van der Waals surface area contributed by atoms with Crippen molar-refractivity contribution in [2.45, 2.75) is 37.0 Å². The van der Waals surface area contributed by atoms with Crippen LogP contribution in [-0.4, -0.2) is 16.5 Å². The molecular weight excluding hydrogens is 262 g/mol. The van der Waals surface area contributed by atoms with Crippen LogP contribution in [0, 0.1) is 16.0 Å². The van der Waals surface area contributed by atoms with Gasteiger partial charge < -0.3 is 0 Å². The lowest BCUT2D eigenvalue weighted by molar-refractivity contribution is -0.387. The molecule has 2 rings (SSSR count). The third-order valence-corrected chi connectivity index (χ3v) is 4.58. The Labute approximate surface area is 116 Å². The Morgan fingerprint density at radius 1 is 1.26 bits per heavy atom. The van der Waals surface area contributed by atoms with Crippen LogP contribution >= 0.6 is 11.8 Å². The highest BCUT2D eigenvalue weighted by molar-refractivity contribution is 8.00. The van der Waals surface area contributed by atoms with Crippen LogP contribution in [0.15, 0.2) is 29.2 Å². The van der Waals surface area contributed by atoms with Crippen LogP contribution in [0.5, 0.6) is 0 Å². The molecule has 5 heteroatoms. The minimum atomic E-state index is -0.395. The standard InChI is InChI=1S/C14H17NO3S/c16-13(11-6-2-1-3-7-11)10-19-14-9-5-4-8-12(14)15(17)18/h4-5,8-9,11H,1-3,6-7,10H2. The van der Waals surface area contributed by atoms with E-state index in [0.29, 0.717) is 10.6 Å². The fourth-order valence-electron chi connectivity index (χ4n) is 2.42. The van der Waals surface area contributed by atoms with Gasteiger partial charge in [-0.15, -0.1) is 11.8 Å². The number of thioether (sulfide) groups is 1. The van der Waals surface area contributed by atoms with E-state index >= 15 is 0 Å². The van der Waals surface area contributed by atoms with Gasteiger partial charge in [0.15, 0.2) is 0 Å². The largest absolute Gasteiger partial charge is 0.298 e. The van der Waals surface area contributed by atoms with Crippen molar-refractivity contribution in [2.24, 2.45) is 5.92 Å². The number of carbonyl (C=O) groups excluding carboxylic acids is 1. The first kappa shape index (κ1) is 14.1. The van der Waals surface area contributed by atoms with Gasteiger partial charge in [-0.25, -0.2) is 0 Å². The SMILES string of the molecule is O=C(CSc1ccccc1[N+](=O)[O-])C1CCCCC1. The molecular formula is C14H17NO3S. The zero-order valence-electron chi connectivity index (χ0n) is 10.7. The molecule has 0 aromatic heterocycles. The summed E-state index contributed by atoms with van der Waals surface area (Å²) in [6.45, 7) is 0. The van der Waals surface area contributed by atoms with Gasteiger partial charge in [-0.1, -0.05) is 31.4 Å². The second kappa shape index (κ2) is 6.70. The average molecular weight is 279 g/mol. The molecule has 0 atom stereocenters. The first-order valence-electron chi connectivity index (χ1n) is 6.57. The maximum absolute atomic E-state index is 12.1. The van der Waals surface area contributed by atoms with Crippen molar-refractivity contribution in [1.82, 2.24) is 0 Å². The van der Waals surface area contributed by atoms with Crippen LogP contribution in [0.25, 0.3) is 0 Å². The van der Waals surface area contributed by atoms with E-state index in [1.165, 1.54) is 24.2 Å². The Morgan fingerprint density at radius 3 is 2.63 bits per heavy atom. The monoisotopic (exact) mass is 279 g/mol. The summed E-state index contributed by atoms with van der Waals surface area (Å²) >= 11 is 1.29. The molecule has 19 heavy (non-hydrogen) atoms. The van der Waals surface area contributed by atoms with E-state index in [1.54, 1.807) is 18.2 Å². The zero-order chi connectivity index (χ0) is 13.7. The van der Waals surface area contributed by atoms with Crippen LogP contribution in [0.1, 0.15) is 32.1 Å². The highest BCUT2D eigenvalue weighted by Gasteiger charge is 2.22. The van der Waals surface area contributed by atoms with E-state index in [4.69, 9.17) is 0 Å². The van der Waals surface area contributed by atoms with Crippen molar-refractivity contribution in [1.29, 1.82) is 0 Å². The molecule has 102 valence electrons. The molecule has 4 nitrogen and oxygen atoms in total. The highest BCUT2D eigenvalue weighted by atomic mass is 32.2. The molecule has 0 saturated heterocycles. The Hall–Kier alpha value is -1.36. The molecule has 1 aromatic carbocycles. The molecule has 0 bridgehead atoms. The van der Waals surface area contributed by atoms with Crippen LogP contribution in [0.2, 0.25) is 0 Å². The summed E-state index contributed by atoms with van der Waals surface area (Å²) in [6.07, 6.45) is 5.45. The zero-order valence-corrected chi connectivity index (χ0v) is 11.5. The molecule has 0 heterocycles. The lowest BCUT2D eigenvalue weighted by Gasteiger charge is -2.19. The first-order chi connectivity index (χ1) is 9.18. The van der Waals surface area contributed by atoms with Gasteiger partial charge in [-0.05, 0) is 18.9 Å². The number of rotatable bonds is 5. The van der Waals surface area contributed by atoms with Gasteiger partial charge in [0.25, 0.3) is 5.69 Å². The molecule has 1 aromatic rings. The van der Waals surface area contributed by atoms with Crippen LogP contribution < -0.4 is 0 Å². The molecule has 0 N–H and O–H groups in total. The second-order valence-electron chi connectivity index (χ2n) is 4.81. The number of carbonyl (C=O) groups is 1. The van der Waals surface area contributed by atoms with Crippen LogP contribution in [-0.2, 0) is 4.79 Å². The van der Waals surface area contributed by atoms with Crippen molar-refractivity contribution in [3.8, 4) is 0 Å². The molecule has 0 amide bonds. The third kappa shape index (κ3) is 3.80. The van der Waals surface area contributed by atoms with Crippen LogP contribution in [0.3, 0.4) is 0 Å². The van der Waals surface area contributed by atoms with Crippen molar-refractivity contribution >= 4 is 23.2 Å². The summed E-state index contributed by atoms with van der Waals surface area (Å²) in [6, 6.07) is 6.59. The molecule has 1 fully saturated rings. The average Bonchev–Trinajstić information content (AvgIpc) is 2.46. The van der Waals surface area contributed by atoms with Gasteiger partial charge in [-0.2, -0.15) is 0 Å². The van der Waals surface area contributed by atoms with Crippen molar-refractivity contribution < 1.29 is 9.72 Å². The molecule has 1 aliphatic rings. The van der Waals surface area contributed by atoms with Gasteiger partial charge >= 0.3 is 0 Å². The van der Waals surface area contributed by atoms with Gasteiger partial charge in [0.1, 0.15) is 5.78 Å². The number of Topliss-reactive ketones (excluding diaryl/α,β-unsaturated/α-hetero) is 1. The normalized spacial score (nSPS) is 16.2. The van der Waals surface area contributed by atoms with E-state index in [0.717, 1.165) is 25.7 Å². The first-order valence-corrected chi connectivity index (χ1v) is 7.56. The van der Waals surface area contributed by atoms with Crippen LogP contribution in [0.4, 0.5) is 5.69 Å². The minimum absolute atomic E-state index is 0.0870. The molecule has 0 aliphatic heterocycles. The van der Waals surface area contributed by atoms with Gasteiger partial charge in [-0.3, -0.25) is 14.9 Å². The predicted octanol–water partition coefficient (Wildman–Crippen LogP) is 3.84. The summed E-state index contributed by atoms with van der Waals surface area (Å²) in [5, 5.41) is 10.9. The van der Waals surface area contributed by atoms with Gasteiger partial charge in [0.05, 0.1) is 15.6 Å². The highest BCUT2D eigenvalue weighted by Crippen LogP contribution is 2.31. The summed E-state index contributed by atoms with van der Waals surface area (Å²) in [5.41, 5.74) is 0.0870. The van der Waals surface area contributed by atoms with E-state index in [-0.39, 0.29) is 17.4 Å². The third-order valence-electron chi connectivity index (χ3n) is 3.49. The second-order valence-corrected chi connectivity index (χ2v) is 5.83. The number of ketones is 1. The quantitative estimate of drug-likeness (QED) is 0.467. The molecule has 0 unspecified atom stereocenters. The Balaban J connectivity index is 1.94. The van der Waals surface area contributed by atoms with E-state index in [2.05, 4.69) is 0 Å². The number of hydrogen-bond acceptors (Lipinski definition) is 4. The fraction of sp³-hybridized carbons (Fsp3) is 0.500. The summed E-state index contributed by atoms with van der Waals surface area (Å²) < 4.78 is 0. The Bertz CT molecular complexity index is 470. The van der Waals surface area contributed by atoms with E-state index in [1.807, 2.05) is 0 Å². The molecule has 1 aliphatic carbocycles. The smallest absolute Gasteiger partial charge is 0.282 e. The lowest BCUT2D eigenvalue weighted by atomic mass is 9.87. The number of hydrogen-bond donors (Lipinski definition) is 0. The summed E-state index contributed by atoms with van der Waals surface area (Å²) in [4.78, 5) is 23.1. The topological polar surface area (TPSA) is 60.2 Å². The maximum atomic E-state index is 12.1. The van der Waals surface area contributed by atoms with Gasteiger partial charge in [0, 0.05) is 12.0 Å². The Kier molecular flexibility index (Phi) is 4.96. The van der Waals surface area contributed by atoms with E-state index in [9.17, 15) is 14.9 Å². The fourth-order valence-corrected chi connectivity index (χ4v) is 3.42. The number of nitro groups is 1. The van der Waals surface area contributed by atoms with E-state index < -0.39 is 4.92 Å². The van der Waals surface area contributed by atoms with Crippen molar-refractivity contribution in [2.75, 3.05) is 5.75 Å². The number of para-hydroxylation sites is 1. The van der Waals surface area contributed by atoms with Crippen molar-refractivity contribution in [3.05, 3.63) is 34.4 Å². The number of benzene rings is 1.